The summed E-state index contributed by atoms with van der Waals surface area (Å²) >= 11 is 11.8. The van der Waals surface area contributed by atoms with Gasteiger partial charge in [-0.05, 0) is 30.3 Å². The van der Waals surface area contributed by atoms with Gasteiger partial charge < -0.3 is 10.1 Å². The normalized spacial score (nSPS) is 10.2. The van der Waals surface area contributed by atoms with Gasteiger partial charge in [-0.3, -0.25) is 9.59 Å². The average molecular weight is 384 g/mol. The Morgan fingerprint density at radius 1 is 1.12 bits per heavy atom. The van der Waals surface area contributed by atoms with Crippen molar-refractivity contribution in [3.63, 3.8) is 0 Å². The van der Waals surface area contributed by atoms with Crippen molar-refractivity contribution in [2.24, 2.45) is 0 Å². The van der Waals surface area contributed by atoms with Crippen LogP contribution in [0.1, 0.15) is 27.6 Å². The first-order valence-corrected chi connectivity index (χ1v) is 7.76. The average Bonchev–Trinajstić information content (AvgIpc) is 2.52. The Kier molecular flexibility index (Phi) is 6.12. The van der Waals surface area contributed by atoms with Gasteiger partial charge >= 0.3 is 5.97 Å². The predicted octanol–water partition coefficient (Wildman–Crippen LogP) is 4.13. The van der Waals surface area contributed by atoms with Crippen LogP contribution in [0.25, 0.3) is 0 Å². The van der Waals surface area contributed by atoms with Gasteiger partial charge in [-0.15, -0.1) is 0 Å². The van der Waals surface area contributed by atoms with Gasteiger partial charge in [0.1, 0.15) is 5.82 Å². The Bertz CT molecular complexity index is 834. The van der Waals surface area contributed by atoms with Gasteiger partial charge in [-0.25, -0.2) is 9.18 Å². The molecule has 0 saturated carbocycles. The van der Waals surface area contributed by atoms with Crippen LogP contribution in [0.15, 0.2) is 36.4 Å². The molecule has 0 aliphatic carbocycles. The van der Waals surface area contributed by atoms with Crippen LogP contribution in [0.3, 0.4) is 0 Å². The molecule has 2 rings (SSSR count). The zero-order valence-electron chi connectivity index (χ0n) is 12.9. The summed E-state index contributed by atoms with van der Waals surface area (Å²) in [5.74, 6) is -2.85. The molecule has 0 saturated heterocycles. The van der Waals surface area contributed by atoms with E-state index in [1.807, 2.05) is 0 Å². The van der Waals surface area contributed by atoms with E-state index in [2.05, 4.69) is 5.32 Å². The van der Waals surface area contributed by atoms with Crippen LogP contribution in [-0.2, 0) is 9.53 Å². The molecule has 2 aromatic rings. The first-order valence-electron chi connectivity index (χ1n) is 7.01. The van der Waals surface area contributed by atoms with Crippen molar-refractivity contribution in [1.29, 1.82) is 0 Å². The number of esters is 1. The highest BCUT2D eigenvalue weighted by Crippen LogP contribution is 2.25. The summed E-state index contributed by atoms with van der Waals surface area (Å²) in [5.41, 5.74) is -0.131. The second-order valence-corrected chi connectivity index (χ2v) is 5.79. The number of hydrogen-bond acceptors (Lipinski definition) is 4. The number of ether oxygens (including phenoxy) is 1. The van der Waals surface area contributed by atoms with E-state index < -0.39 is 24.2 Å². The van der Waals surface area contributed by atoms with Crippen molar-refractivity contribution < 1.29 is 23.5 Å². The first kappa shape index (κ1) is 18.9. The van der Waals surface area contributed by atoms with E-state index in [0.717, 1.165) is 6.07 Å². The highest BCUT2D eigenvalue weighted by Gasteiger charge is 2.19. The lowest BCUT2D eigenvalue weighted by Gasteiger charge is -2.09. The SMILES string of the molecule is CC(=O)Nc1ccc(C(=O)COC(=O)c2c(Cl)cccc2Cl)c(F)c1. The number of rotatable bonds is 5. The van der Waals surface area contributed by atoms with Gasteiger partial charge in [-0.1, -0.05) is 29.3 Å². The predicted molar refractivity (Wildman–Crippen MR) is 91.8 cm³/mol. The molecule has 0 atom stereocenters. The number of amides is 1. The molecule has 0 heterocycles. The Morgan fingerprint density at radius 3 is 2.32 bits per heavy atom. The number of nitrogens with one attached hydrogen (secondary N) is 1. The van der Waals surface area contributed by atoms with Gasteiger partial charge in [0.15, 0.2) is 6.61 Å². The number of carbonyl (C=O) groups is 3. The van der Waals surface area contributed by atoms with Crippen molar-refractivity contribution in [2.75, 3.05) is 11.9 Å². The van der Waals surface area contributed by atoms with Crippen LogP contribution in [0.4, 0.5) is 10.1 Å². The number of anilines is 1. The van der Waals surface area contributed by atoms with Crippen LogP contribution in [0, 0.1) is 5.82 Å². The van der Waals surface area contributed by atoms with Crippen molar-refractivity contribution in [2.45, 2.75) is 6.92 Å². The van der Waals surface area contributed by atoms with Crippen molar-refractivity contribution in [3.05, 3.63) is 63.4 Å². The lowest BCUT2D eigenvalue weighted by molar-refractivity contribution is -0.114. The van der Waals surface area contributed by atoms with Gasteiger partial charge in [0.05, 0.1) is 21.2 Å². The van der Waals surface area contributed by atoms with Crippen molar-refractivity contribution in [1.82, 2.24) is 0 Å². The number of hydrogen-bond donors (Lipinski definition) is 1. The quantitative estimate of drug-likeness (QED) is 0.622. The van der Waals surface area contributed by atoms with Gasteiger partial charge in [-0.2, -0.15) is 0 Å². The third-order valence-corrected chi connectivity index (χ3v) is 3.72. The fraction of sp³-hybridized carbons (Fsp3) is 0.118. The molecule has 2 aromatic carbocycles. The van der Waals surface area contributed by atoms with Crippen LogP contribution >= 0.6 is 23.2 Å². The molecule has 0 aliphatic rings. The summed E-state index contributed by atoms with van der Waals surface area (Å²) in [5, 5.41) is 2.55. The van der Waals surface area contributed by atoms with Crippen LogP contribution in [0.2, 0.25) is 10.0 Å². The molecule has 0 aromatic heterocycles. The summed E-state index contributed by atoms with van der Waals surface area (Å²) in [6, 6.07) is 8.02. The molecule has 0 unspecified atom stereocenters. The monoisotopic (exact) mass is 383 g/mol. The van der Waals surface area contributed by atoms with Gasteiger partial charge in [0.25, 0.3) is 0 Å². The van der Waals surface area contributed by atoms with Gasteiger partial charge in [0, 0.05) is 12.6 Å². The molecule has 1 amide bonds. The lowest BCUT2D eigenvalue weighted by Crippen LogP contribution is -2.16. The fourth-order valence-electron chi connectivity index (χ4n) is 2.00. The Morgan fingerprint density at radius 2 is 1.76 bits per heavy atom. The zero-order chi connectivity index (χ0) is 18.6. The fourth-order valence-corrected chi connectivity index (χ4v) is 2.55. The van der Waals surface area contributed by atoms with E-state index in [9.17, 15) is 18.8 Å². The van der Waals surface area contributed by atoms with E-state index in [1.165, 1.54) is 31.2 Å². The molecule has 0 bridgehead atoms. The summed E-state index contributed by atoms with van der Waals surface area (Å²) in [7, 11) is 0. The van der Waals surface area contributed by atoms with Crippen molar-refractivity contribution in [3.8, 4) is 0 Å². The maximum absolute atomic E-state index is 14.0. The van der Waals surface area contributed by atoms with E-state index in [0.29, 0.717) is 0 Å². The lowest BCUT2D eigenvalue weighted by atomic mass is 10.1. The Labute approximate surface area is 152 Å². The number of Topliss-reactive ketones (excluding diaryl/α,β-unsaturated/α-hetero) is 1. The number of benzene rings is 2. The summed E-state index contributed by atoms with van der Waals surface area (Å²) in [4.78, 5) is 35.0. The van der Waals surface area contributed by atoms with Crippen LogP contribution in [0.5, 0.6) is 0 Å². The Balaban J connectivity index is 2.07. The van der Waals surface area contributed by atoms with E-state index >= 15 is 0 Å². The largest absolute Gasteiger partial charge is 0.454 e. The van der Waals surface area contributed by atoms with Gasteiger partial charge in [0.2, 0.25) is 11.7 Å². The minimum Gasteiger partial charge on any atom is -0.454 e. The molecular formula is C17H12Cl2FNO4. The maximum Gasteiger partial charge on any atom is 0.341 e. The minimum absolute atomic E-state index is 0.0693. The second kappa shape index (κ2) is 8.09. The molecular weight excluding hydrogens is 372 g/mol. The maximum atomic E-state index is 14.0. The van der Waals surface area contributed by atoms with E-state index in [1.54, 1.807) is 6.07 Å². The molecule has 0 radical (unpaired) electrons. The first-order chi connectivity index (χ1) is 11.8. The van der Waals surface area contributed by atoms with E-state index in [-0.39, 0.29) is 32.8 Å². The third-order valence-electron chi connectivity index (χ3n) is 3.09. The molecule has 0 spiro atoms. The highest BCUT2D eigenvalue weighted by molar-refractivity contribution is 6.39. The van der Waals surface area contributed by atoms with E-state index in [4.69, 9.17) is 27.9 Å². The zero-order valence-corrected chi connectivity index (χ0v) is 14.4. The smallest absolute Gasteiger partial charge is 0.341 e. The molecule has 25 heavy (non-hydrogen) atoms. The standard InChI is InChI=1S/C17H12Cl2FNO4/c1-9(22)21-10-5-6-11(14(20)7-10)15(23)8-25-17(24)16-12(18)3-2-4-13(16)19/h2-7H,8H2,1H3,(H,21,22). The van der Waals surface area contributed by atoms with Crippen LogP contribution < -0.4 is 5.32 Å². The second-order valence-electron chi connectivity index (χ2n) is 4.97. The number of carbonyl (C=O) groups excluding carboxylic acids is 3. The molecule has 130 valence electrons. The molecule has 0 aliphatic heterocycles. The third kappa shape index (κ3) is 4.78. The molecule has 1 N–H and O–H groups in total. The molecule has 0 fully saturated rings. The topological polar surface area (TPSA) is 72.5 Å². The van der Waals surface area contributed by atoms with Crippen molar-refractivity contribution >= 4 is 46.5 Å². The highest BCUT2D eigenvalue weighted by atomic mass is 35.5. The number of halogens is 3. The molecule has 5 nitrogen and oxygen atoms in total. The summed E-state index contributed by atoms with van der Waals surface area (Å²) < 4.78 is 18.8. The molecule has 8 heteroatoms. The summed E-state index contributed by atoms with van der Waals surface area (Å²) in [6.07, 6.45) is 0. The summed E-state index contributed by atoms with van der Waals surface area (Å²) in [6.45, 7) is 0.590. The van der Waals surface area contributed by atoms with Crippen LogP contribution in [-0.4, -0.2) is 24.3 Å². The Hall–Kier alpha value is -2.44. The minimum atomic E-state index is -0.890. The number of ketones is 1.